The molecular formula is C60H68N4O11S. The van der Waals surface area contributed by atoms with Crippen molar-refractivity contribution < 1.29 is 54.4 Å². The Kier molecular flexibility index (Phi) is 9.71. The number of aliphatic hydroxyl groups is 4. The predicted molar refractivity (Wildman–Crippen MR) is 278 cm³/mol. The van der Waals surface area contributed by atoms with E-state index >= 15 is 4.79 Å². The number of thiophene rings is 1. The number of piperidine rings is 2. The second-order valence-corrected chi connectivity index (χ2v) is 26.6. The monoisotopic (exact) mass is 1050 g/mol. The van der Waals surface area contributed by atoms with E-state index < -0.39 is 51.5 Å². The predicted octanol–water partition coefficient (Wildman–Crippen LogP) is 5.19. The van der Waals surface area contributed by atoms with Crippen LogP contribution in [0.4, 0.5) is 0 Å². The van der Waals surface area contributed by atoms with Gasteiger partial charge in [0.2, 0.25) is 11.8 Å². The summed E-state index contributed by atoms with van der Waals surface area (Å²) in [7, 11) is 1.89. The van der Waals surface area contributed by atoms with Gasteiger partial charge >= 0.3 is 0 Å². The Balaban J connectivity index is 0.756. The fraction of sp³-hybridized carbons (Fsp3) is 0.600. The third-order valence-electron chi connectivity index (χ3n) is 22.1. The Hall–Kier alpha value is -4.94. The van der Waals surface area contributed by atoms with E-state index in [1.807, 2.05) is 41.1 Å². The molecule has 2 saturated heterocycles. The third-order valence-corrected chi connectivity index (χ3v) is 22.8. The molecule has 4 bridgehead atoms. The van der Waals surface area contributed by atoms with Crippen LogP contribution >= 0.6 is 11.3 Å². The van der Waals surface area contributed by atoms with Gasteiger partial charge in [-0.1, -0.05) is 24.3 Å². The minimum absolute atomic E-state index is 0.0251. The second-order valence-electron chi connectivity index (χ2n) is 25.9. The van der Waals surface area contributed by atoms with E-state index in [4.69, 9.17) is 14.2 Å². The molecule has 0 radical (unpaired) electrons. The molecule has 3 aromatic carbocycles. The van der Waals surface area contributed by atoms with Crippen LogP contribution < -0.4 is 14.2 Å². The molecule has 2 spiro atoms. The summed E-state index contributed by atoms with van der Waals surface area (Å²) < 4.78 is 21.6. The number of benzene rings is 3. The van der Waals surface area contributed by atoms with Crippen molar-refractivity contribution in [3.8, 4) is 28.7 Å². The molecule has 76 heavy (non-hydrogen) atoms. The molecule has 4 aliphatic heterocycles. The molecule has 2 amide bonds. The van der Waals surface area contributed by atoms with Gasteiger partial charge in [-0.15, -0.1) is 0 Å². The summed E-state index contributed by atoms with van der Waals surface area (Å²) in [6, 6.07) is 15.5. The Morgan fingerprint density at radius 1 is 0.671 bits per heavy atom. The number of amides is 2. The summed E-state index contributed by atoms with van der Waals surface area (Å²) in [4.78, 5) is 38.5. The SMILES string of the molecule is CN(C(=O)C1CC1c1ccc(O)cc1)C1CC[C@@]2(O)[C@H]3Cc4ccc(OCN(C(=O)C5CC5c5ccsc5)C5CC[C@@]6(O)[C@H]7Cc8ccc(O)c9c8[C@@]6(CCN7CC6(O)CC6)[C@H]5O9)c5c4[C@@]2(CCN3CC2(O)CC2)[C@H]1O5. The van der Waals surface area contributed by atoms with Crippen molar-refractivity contribution in [1.29, 1.82) is 0 Å². The lowest BCUT2D eigenvalue weighted by atomic mass is 9.48. The number of carbonyl (C=O) groups is 2. The molecule has 6 saturated carbocycles. The lowest BCUT2D eigenvalue weighted by molar-refractivity contribution is -0.207. The maximum absolute atomic E-state index is 15.5. The molecule has 1 aromatic heterocycles. The van der Waals surface area contributed by atoms with E-state index in [1.54, 1.807) is 29.5 Å². The van der Waals surface area contributed by atoms with Crippen LogP contribution in [0.3, 0.4) is 0 Å². The Morgan fingerprint density at radius 2 is 1.24 bits per heavy atom. The maximum Gasteiger partial charge on any atom is 0.229 e. The van der Waals surface area contributed by atoms with Crippen LogP contribution in [0.25, 0.3) is 0 Å². The number of likely N-dealkylation sites (tertiary alicyclic amines) is 2. The van der Waals surface area contributed by atoms with E-state index in [1.165, 1.54) is 0 Å². The highest BCUT2D eigenvalue weighted by Gasteiger charge is 2.76. The summed E-state index contributed by atoms with van der Waals surface area (Å²) in [5.41, 5.74) is 0.299. The molecule has 5 heterocycles. The zero-order valence-electron chi connectivity index (χ0n) is 43.0. The van der Waals surface area contributed by atoms with Crippen molar-refractivity contribution in [2.45, 2.75) is 171 Å². The van der Waals surface area contributed by atoms with E-state index in [0.29, 0.717) is 101 Å². The fourth-order valence-corrected chi connectivity index (χ4v) is 18.5. The summed E-state index contributed by atoms with van der Waals surface area (Å²) in [6.07, 6.45) is 7.19. The number of aromatic hydroxyl groups is 2. The van der Waals surface area contributed by atoms with E-state index in [2.05, 4.69) is 32.7 Å². The van der Waals surface area contributed by atoms with Gasteiger partial charge in [-0.3, -0.25) is 19.4 Å². The van der Waals surface area contributed by atoms with Crippen molar-refractivity contribution in [2.24, 2.45) is 11.8 Å². The number of ether oxygens (including phenoxy) is 3. The molecule has 4 aromatic rings. The first-order chi connectivity index (χ1) is 36.6. The largest absolute Gasteiger partial charge is 0.508 e. The third kappa shape index (κ3) is 6.32. The highest BCUT2D eigenvalue weighted by Crippen LogP contribution is 2.69. The van der Waals surface area contributed by atoms with Crippen LogP contribution in [0.15, 0.2) is 65.4 Å². The van der Waals surface area contributed by atoms with Crippen molar-refractivity contribution in [3.05, 3.63) is 98.7 Å². The highest BCUT2D eigenvalue weighted by molar-refractivity contribution is 7.08. The number of rotatable bonds is 13. The first-order valence-electron chi connectivity index (χ1n) is 28.3. The summed E-state index contributed by atoms with van der Waals surface area (Å²) in [5, 5.41) is 75.3. The molecule has 16 heteroatoms. The van der Waals surface area contributed by atoms with Crippen LogP contribution in [0, 0.1) is 11.8 Å². The molecule has 8 aliphatic carbocycles. The quantitative estimate of drug-likeness (QED) is 0.0960. The standard InChI is InChI=1S/C60H68N4O11S/c1-61(53(67)39-26-37(39)32-2-6-36(65)7-3-32)41-10-13-59(71)46-25-34-5-9-44(50-48(34)58(59,51(41)75-50)20-22-63(46)30-56(70)17-18-56)73-31-64(54(68)40-27-38(40)35-12-23-76-28-35)42-11-14-60(72)45-24-33-4-8-43(66)49-47(33)57(60,52(42)74-49)19-21-62(45)29-55(69)15-16-55/h2-9,12,23,28,37-42,45-46,51-52,65-66,69-72H,10-11,13-22,24-27,29-31H2,1H3/t37?,38?,39?,40?,41?,42?,45-,46-,51+,52+,57+,58+,59-,60-/m1/s1. The summed E-state index contributed by atoms with van der Waals surface area (Å²) in [5.74, 6) is 1.29. The van der Waals surface area contributed by atoms with Gasteiger partial charge in [0.15, 0.2) is 29.7 Å². The fourth-order valence-electron chi connectivity index (χ4n) is 17.7. The van der Waals surface area contributed by atoms with Crippen molar-refractivity contribution >= 4 is 23.2 Å². The molecule has 16 rings (SSSR count). The highest BCUT2D eigenvalue weighted by atomic mass is 32.1. The van der Waals surface area contributed by atoms with Gasteiger partial charge in [0.05, 0.1) is 45.3 Å². The van der Waals surface area contributed by atoms with E-state index in [9.17, 15) is 35.4 Å². The molecule has 6 N–H and O–H groups in total. The minimum atomic E-state index is -1.25. The van der Waals surface area contributed by atoms with Crippen LogP contribution in [0.5, 0.6) is 28.7 Å². The Labute approximate surface area is 446 Å². The number of hydrogen-bond acceptors (Lipinski definition) is 14. The lowest BCUT2D eigenvalue weighted by Gasteiger charge is -2.65. The van der Waals surface area contributed by atoms with Crippen molar-refractivity contribution in [1.82, 2.24) is 19.6 Å². The minimum Gasteiger partial charge on any atom is -0.508 e. The van der Waals surface area contributed by atoms with E-state index in [0.717, 1.165) is 65.5 Å². The van der Waals surface area contributed by atoms with Crippen LogP contribution in [0.2, 0.25) is 0 Å². The molecule has 6 unspecified atom stereocenters. The number of β-amino-alcohol motifs (C(OH)–C–C–N with tert-alkyl or cyclic N) is 2. The normalized spacial score (nSPS) is 39.4. The molecule has 14 atom stereocenters. The number of phenols is 2. The number of nitrogens with zero attached hydrogens (tertiary/aromatic N) is 4. The van der Waals surface area contributed by atoms with Crippen LogP contribution in [-0.2, 0) is 33.3 Å². The van der Waals surface area contributed by atoms with Crippen LogP contribution in [0.1, 0.15) is 122 Å². The average molecular weight is 1050 g/mol. The number of phenolic OH excluding ortho intramolecular Hbond substituents is 2. The molecule has 15 nitrogen and oxygen atoms in total. The van der Waals surface area contributed by atoms with Gasteiger partial charge in [-0.2, -0.15) is 11.3 Å². The summed E-state index contributed by atoms with van der Waals surface area (Å²) in [6.45, 7) is 2.16. The lowest BCUT2D eigenvalue weighted by Crippen LogP contribution is -2.78. The first kappa shape index (κ1) is 47.1. The van der Waals surface area contributed by atoms with E-state index in [-0.39, 0.29) is 71.8 Å². The average Bonchev–Trinajstić information content (AvgIpc) is 4.13. The zero-order chi connectivity index (χ0) is 51.6. The molecular weight excluding hydrogens is 985 g/mol. The van der Waals surface area contributed by atoms with Gasteiger partial charge in [0, 0.05) is 55.2 Å². The number of hydrogen-bond donors (Lipinski definition) is 6. The van der Waals surface area contributed by atoms with Gasteiger partial charge in [-0.25, -0.2) is 0 Å². The Morgan fingerprint density at radius 3 is 1.86 bits per heavy atom. The summed E-state index contributed by atoms with van der Waals surface area (Å²) >= 11 is 1.62. The number of carbonyl (C=O) groups excluding carboxylic acids is 2. The zero-order valence-corrected chi connectivity index (χ0v) is 43.8. The first-order valence-corrected chi connectivity index (χ1v) is 29.2. The molecule has 8 fully saturated rings. The number of likely N-dealkylation sites (N-methyl/N-ethyl adjacent to an activating group) is 1. The van der Waals surface area contributed by atoms with Crippen LogP contribution in [-0.4, -0.2) is 161 Å². The smallest absolute Gasteiger partial charge is 0.229 e. The molecule has 400 valence electrons. The second kappa shape index (κ2) is 15.7. The van der Waals surface area contributed by atoms with Gasteiger partial charge < -0.3 is 54.6 Å². The van der Waals surface area contributed by atoms with Crippen molar-refractivity contribution in [2.75, 3.05) is 40.0 Å². The maximum atomic E-state index is 15.5. The molecule has 12 aliphatic rings. The van der Waals surface area contributed by atoms with Gasteiger partial charge in [-0.05, 0) is 178 Å². The van der Waals surface area contributed by atoms with Crippen molar-refractivity contribution in [3.63, 3.8) is 0 Å². The van der Waals surface area contributed by atoms with Gasteiger partial charge in [0.1, 0.15) is 18.0 Å². The topological polar surface area (TPSA) is 196 Å². The van der Waals surface area contributed by atoms with Gasteiger partial charge in [0.25, 0.3) is 0 Å². The Bertz CT molecular complexity index is 3110.